The Morgan fingerprint density at radius 3 is 2.30 bits per heavy atom. The van der Waals surface area contributed by atoms with Crippen LogP contribution in [0, 0.1) is 17.5 Å². The Morgan fingerprint density at radius 1 is 1.10 bits per heavy atom. The molecule has 0 unspecified atom stereocenters. The Bertz CT molecular complexity index is 651. The van der Waals surface area contributed by atoms with E-state index in [-0.39, 0.29) is 11.3 Å². The lowest BCUT2D eigenvalue weighted by atomic mass is 10.2. The van der Waals surface area contributed by atoms with Crippen LogP contribution >= 0.6 is 0 Å². The minimum atomic E-state index is -1.06. The number of oxime groups is 1. The van der Waals surface area contributed by atoms with Gasteiger partial charge in [0.15, 0.2) is 23.2 Å². The largest absolute Gasteiger partial charge is 0.451 e. The fourth-order valence-electron chi connectivity index (χ4n) is 1.51. The second-order valence-corrected chi connectivity index (χ2v) is 3.81. The maximum absolute atomic E-state index is 13.7. The molecular formula is C13H9F3N2O2. The maximum atomic E-state index is 13.7. The smallest absolute Gasteiger partial charge is 0.198 e. The number of hydrogen-bond acceptors (Lipinski definition) is 3. The molecule has 0 heterocycles. The second kappa shape index (κ2) is 5.52. The van der Waals surface area contributed by atoms with Gasteiger partial charge < -0.3 is 15.7 Å². The van der Waals surface area contributed by atoms with Crippen molar-refractivity contribution in [3.8, 4) is 11.5 Å². The lowest BCUT2D eigenvalue weighted by Crippen LogP contribution is -2.14. The van der Waals surface area contributed by atoms with Gasteiger partial charge in [0.2, 0.25) is 0 Å². The number of ether oxygens (including phenoxy) is 1. The summed E-state index contributed by atoms with van der Waals surface area (Å²) in [6, 6.07) is 6.52. The summed E-state index contributed by atoms with van der Waals surface area (Å²) < 4.78 is 45.4. The van der Waals surface area contributed by atoms with Crippen LogP contribution in [0.2, 0.25) is 0 Å². The molecule has 3 N–H and O–H groups in total. The molecule has 0 radical (unpaired) electrons. The average Bonchev–Trinajstić information content (AvgIpc) is 2.42. The van der Waals surface area contributed by atoms with Gasteiger partial charge in [0.05, 0.1) is 0 Å². The van der Waals surface area contributed by atoms with Gasteiger partial charge in [-0.15, -0.1) is 0 Å². The molecule has 20 heavy (non-hydrogen) atoms. The molecule has 0 amide bonds. The van der Waals surface area contributed by atoms with Crippen molar-refractivity contribution in [1.29, 1.82) is 0 Å². The normalized spacial score (nSPS) is 11.4. The third kappa shape index (κ3) is 2.82. The zero-order valence-corrected chi connectivity index (χ0v) is 9.98. The first-order valence-electron chi connectivity index (χ1n) is 5.41. The van der Waals surface area contributed by atoms with Gasteiger partial charge in [-0.3, -0.25) is 0 Å². The third-order valence-corrected chi connectivity index (χ3v) is 2.42. The summed E-state index contributed by atoms with van der Waals surface area (Å²) in [6.45, 7) is 0. The van der Waals surface area contributed by atoms with E-state index in [1.165, 1.54) is 18.2 Å². The van der Waals surface area contributed by atoms with Crippen molar-refractivity contribution < 1.29 is 23.1 Å². The van der Waals surface area contributed by atoms with Gasteiger partial charge in [-0.2, -0.15) is 0 Å². The fourth-order valence-corrected chi connectivity index (χ4v) is 1.51. The van der Waals surface area contributed by atoms with Crippen molar-refractivity contribution in [3.05, 3.63) is 59.4 Å². The molecule has 0 fully saturated rings. The van der Waals surface area contributed by atoms with Crippen molar-refractivity contribution in [3.63, 3.8) is 0 Å². The number of nitrogens with two attached hydrogens (primary N) is 1. The summed E-state index contributed by atoms with van der Waals surface area (Å²) in [4.78, 5) is 0. The third-order valence-electron chi connectivity index (χ3n) is 2.42. The monoisotopic (exact) mass is 282 g/mol. The fraction of sp³-hybridized carbons (Fsp3) is 0. The Kier molecular flexibility index (Phi) is 3.79. The van der Waals surface area contributed by atoms with Crippen molar-refractivity contribution in [2.24, 2.45) is 10.9 Å². The van der Waals surface area contributed by atoms with Crippen LogP contribution in [-0.2, 0) is 0 Å². The first-order chi connectivity index (χ1) is 9.51. The van der Waals surface area contributed by atoms with Crippen LogP contribution in [0.25, 0.3) is 0 Å². The van der Waals surface area contributed by atoms with E-state index in [4.69, 9.17) is 15.7 Å². The molecule has 0 saturated carbocycles. The summed E-state index contributed by atoms with van der Waals surface area (Å²) in [7, 11) is 0. The van der Waals surface area contributed by atoms with E-state index in [1.54, 1.807) is 0 Å². The van der Waals surface area contributed by atoms with Crippen LogP contribution in [0.4, 0.5) is 13.2 Å². The predicted molar refractivity (Wildman–Crippen MR) is 65.3 cm³/mol. The lowest BCUT2D eigenvalue weighted by Gasteiger charge is -2.09. The van der Waals surface area contributed by atoms with Crippen LogP contribution in [0.1, 0.15) is 5.56 Å². The maximum Gasteiger partial charge on any atom is 0.198 e. The topological polar surface area (TPSA) is 67.8 Å². The number of nitrogens with zero attached hydrogens (tertiary/aromatic N) is 1. The highest BCUT2D eigenvalue weighted by Crippen LogP contribution is 2.28. The molecule has 2 aromatic carbocycles. The zero-order chi connectivity index (χ0) is 14.7. The minimum Gasteiger partial charge on any atom is -0.451 e. The Labute approximate surface area is 111 Å². The highest BCUT2D eigenvalue weighted by atomic mass is 19.1. The predicted octanol–water partition coefficient (Wildman–Crippen LogP) is 2.99. The van der Waals surface area contributed by atoms with E-state index in [0.29, 0.717) is 0 Å². The molecule has 0 aliphatic heterocycles. The summed E-state index contributed by atoms with van der Waals surface area (Å²) in [5.41, 5.74) is 5.09. The molecule has 0 aromatic heterocycles. The number of rotatable bonds is 3. The van der Waals surface area contributed by atoms with Crippen molar-refractivity contribution in [2.45, 2.75) is 0 Å². The summed E-state index contributed by atoms with van der Waals surface area (Å²) >= 11 is 0. The van der Waals surface area contributed by atoms with Gasteiger partial charge in [0.25, 0.3) is 0 Å². The standard InChI is InChI=1S/C13H9F3N2O2/c14-8-2-1-3-9(6-8)20-12-10(15)4-7(5-11(12)16)13(17)18-19/h1-6,19H,(H2,17,18). The SMILES string of the molecule is N/C(=N/O)c1cc(F)c(Oc2cccc(F)c2)c(F)c1. The van der Waals surface area contributed by atoms with Crippen LogP contribution in [0.15, 0.2) is 41.6 Å². The van der Waals surface area contributed by atoms with E-state index < -0.39 is 29.0 Å². The zero-order valence-electron chi connectivity index (χ0n) is 9.98. The molecule has 0 bridgehead atoms. The Hall–Kier alpha value is -2.70. The van der Waals surface area contributed by atoms with Crippen molar-refractivity contribution >= 4 is 5.84 Å². The van der Waals surface area contributed by atoms with Gasteiger partial charge in [0, 0.05) is 11.6 Å². The van der Waals surface area contributed by atoms with Gasteiger partial charge in [-0.25, -0.2) is 13.2 Å². The molecule has 4 nitrogen and oxygen atoms in total. The molecular weight excluding hydrogens is 273 g/mol. The molecule has 0 atom stereocenters. The number of benzene rings is 2. The van der Waals surface area contributed by atoms with Crippen LogP contribution < -0.4 is 10.5 Å². The molecule has 104 valence electrons. The molecule has 2 aromatic rings. The Morgan fingerprint density at radius 2 is 1.75 bits per heavy atom. The van der Waals surface area contributed by atoms with Crippen molar-refractivity contribution in [1.82, 2.24) is 0 Å². The van der Waals surface area contributed by atoms with Gasteiger partial charge >= 0.3 is 0 Å². The molecule has 0 aliphatic carbocycles. The number of halogens is 3. The van der Waals surface area contributed by atoms with Crippen LogP contribution in [-0.4, -0.2) is 11.0 Å². The van der Waals surface area contributed by atoms with Gasteiger partial charge in [-0.05, 0) is 24.3 Å². The molecule has 0 saturated heterocycles. The van der Waals surface area contributed by atoms with E-state index >= 15 is 0 Å². The summed E-state index contributed by atoms with van der Waals surface area (Å²) in [5.74, 6) is -3.92. The van der Waals surface area contributed by atoms with E-state index in [1.807, 2.05) is 0 Å². The molecule has 0 spiro atoms. The molecule has 2 rings (SSSR count). The van der Waals surface area contributed by atoms with Crippen LogP contribution in [0.5, 0.6) is 11.5 Å². The highest BCUT2D eigenvalue weighted by Gasteiger charge is 2.15. The van der Waals surface area contributed by atoms with Crippen LogP contribution in [0.3, 0.4) is 0 Å². The van der Waals surface area contributed by atoms with Gasteiger partial charge in [0.1, 0.15) is 11.6 Å². The number of hydrogen-bond donors (Lipinski definition) is 2. The molecule has 7 heteroatoms. The Balaban J connectivity index is 2.38. The summed E-state index contributed by atoms with van der Waals surface area (Å²) in [6.07, 6.45) is 0. The van der Waals surface area contributed by atoms with E-state index in [9.17, 15) is 13.2 Å². The minimum absolute atomic E-state index is 0.0562. The first kappa shape index (κ1) is 13.7. The second-order valence-electron chi connectivity index (χ2n) is 3.81. The van der Waals surface area contributed by atoms with E-state index in [0.717, 1.165) is 18.2 Å². The average molecular weight is 282 g/mol. The quantitative estimate of drug-likeness (QED) is 0.393. The van der Waals surface area contributed by atoms with Crippen molar-refractivity contribution in [2.75, 3.05) is 0 Å². The molecule has 0 aliphatic rings. The lowest BCUT2D eigenvalue weighted by molar-refractivity contribution is 0.318. The van der Waals surface area contributed by atoms with Gasteiger partial charge in [-0.1, -0.05) is 11.2 Å². The summed E-state index contributed by atoms with van der Waals surface area (Å²) in [5, 5.41) is 11.1. The highest BCUT2D eigenvalue weighted by molar-refractivity contribution is 5.97. The first-order valence-corrected chi connectivity index (χ1v) is 5.41. The number of amidine groups is 1. The van der Waals surface area contributed by atoms with E-state index in [2.05, 4.69) is 5.16 Å².